The van der Waals surface area contributed by atoms with Crippen LogP contribution in [0.1, 0.15) is 5.56 Å². The van der Waals surface area contributed by atoms with Crippen LogP contribution in [-0.4, -0.2) is 6.21 Å². The third-order valence-corrected chi connectivity index (χ3v) is 3.28. The van der Waals surface area contributed by atoms with Gasteiger partial charge >= 0.3 is 0 Å². The summed E-state index contributed by atoms with van der Waals surface area (Å²) in [5.74, 6) is 0. The van der Waals surface area contributed by atoms with Crippen LogP contribution in [0.3, 0.4) is 0 Å². The van der Waals surface area contributed by atoms with Gasteiger partial charge in [-0.05, 0) is 29.0 Å². The van der Waals surface area contributed by atoms with E-state index in [1.807, 2.05) is 54.7 Å². The Morgan fingerprint density at radius 2 is 1.70 bits per heavy atom. The molecule has 3 aromatic carbocycles. The molecule has 0 radical (unpaired) electrons. The molecule has 3 heteroatoms. The molecule has 0 aliphatic rings. The first-order valence-electron chi connectivity index (χ1n) is 6.35. The summed E-state index contributed by atoms with van der Waals surface area (Å²) in [5.41, 5.74) is 4.93. The van der Waals surface area contributed by atoms with Crippen molar-refractivity contribution in [3.05, 3.63) is 77.3 Å². The van der Waals surface area contributed by atoms with Crippen molar-refractivity contribution in [1.29, 1.82) is 0 Å². The molecule has 0 fully saturated rings. The number of hydrazone groups is 1. The lowest BCUT2D eigenvalue weighted by Gasteiger charge is -2.02. The molecule has 0 heterocycles. The van der Waals surface area contributed by atoms with Gasteiger partial charge in [-0.3, -0.25) is 5.43 Å². The molecule has 0 unspecified atom stereocenters. The molecule has 0 saturated heterocycles. The number of nitrogens with zero attached hydrogens (tertiary/aromatic N) is 1. The highest BCUT2D eigenvalue weighted by Crippen LogP contribution is 2.17. The Balaban J connectivity index is 1.84. The summed E-state index contributed by atoms with van der Waals surface area (Å²) in [4.78, 5) is 0. The van der Waals surface area contributed by atoms with Crippen LogP contribution in [0, 0.1) is 0 Å². The van der Waals surface area contributed by atoms with Crippen LogP contribution in [0.5, 0.6) is 0 Å². The second kappa shape index (κ2) is 5.76. The van der Waals surface area contributed by atoms with Gasteiger partial charge in [0.15, 0.2) is 0 Å². The number of hydrogen-bond acceptors (Lipinski definition) is 2. The molecule has 0 spiro atoms. The Labute approximate surface area is 122 Å². The molecule has 0 amide bonds. The van der Waals surface area contributed by atoms with Crippen LogP contribution < -0.4 is 5.43 Å². The Kier molecular flexibility index (Phi) is 3.66. The van der Waals surface area contributed by atoms with Crippen molar-refractivity contribution in [3.63, 3.8) is 0 Å². The van der Waals surface area contributed by atoms with E-state index < -0.39 is 0 Å². The predicted octanol–water partition coefficient (Wildman–Crippen LogP) is 4.94. The minimum absolute atomic E-state index is 0.690. The number of halogens is 1. The van der Waals surface area contributed by atoms with E-state index in [-0.39, 0.29) is 0 Å². The first-order valence-corrected chi connectivity index (χ1v) is 6.73. The molecule has 0 saturated carbocycles. The molecule has 1 N–H and O–H groups in total. The monoisotopic (exact) mass is 280 g/mol. The van der Waals surface area contributed by atoms with Crippen LogP contribution in [0.15, 0.2) is 71.8 Å². The average molecular weight is 281 g/mol. The number of anilines is 1. The zero-order valence-corrected chi connectivity index (χ0v) is 11.5. The molecule has 3 rings (SSSR count). The van der Waals surface area contributed by atoms with E-state index in [0.717, 1.165) is 11.3 Å². The van der Waals surface area contributed by atoms with Crippen molar-refractivity contribution in [2.45, 2.75) is 0 Å². The van der Waals surface area contributed by atoms with Gasteiger partial charge in [-0.1, -0.05) is 60.1 Å². The minimum Gasteiger partial charge on any atom is -0.278 e. The summed E-state index contributed by atoms with van der Waals surface area (Å²) in [6, 6.07) is 21.9. The minimum atomic E-state index is 0.690. The van der Waals surface area contributed by atoms with E-state index in [4.69, 9.17) is 11.6 Å². The van der Waals surface area contributed by atoms with Crippen LogP contribution in [-0.2, 0) is 0 Å². The molecule has 3 aromatic rings. The van der Waals surface area contributed by atoms with Crippen molar-refractivity contribution in [3.8, 4) is 0 Å². The first-order chi connectivity index (χ1) is 9.83. The molecular weight excluding hydrogens is 268 g/mol. The van der Waals surface area contributed by atoms with E-state index in [1.165, 1.54) is 10.8 Å². The summed E-state index contributed by atoms with van der Waals surface area (Å²) >= 11 is 5.93. The summed E-state index contributed by atoms with van der Waals surface area (Å²) in [7, 11) is 0. The molecule has 0 aliphatic heterocycles. The molecule has 2 nitrogen and oxygen atoms in total. The molecule has 20 heavy (non-hydrogen) atoms. The molecule has 0 aromatic heterocycles. The summed E-state index contributed by atoms with van der Waals surface area (Å²) < 4.78 is 0. The van der Waals surface area contributed by atoms with Crippen molar-refractivity contribution >= 4 is 34.3 Å². The van der Waals surface area contributed by atoms with Crippen molar-refractivity contribution < 1.29 is 0 Å². The average Bonchev–Trinajstić information content (AvgIpc) is 2.48. The molecular formula is C17H13ClN2. The fraction of sp³-hybridized carbons (Fsp3) is 0. The van der Waals surface area contributed by atoms with Gasteiger partial charge in [-0.15, -0.1) is 0 Å². The van der Waals surface area contributed by atoms with Gasteiger partial charge < -0.3 is 0 Å². The first kappa shape index (κ1) is 12.7. The normalized spacial score (nSPS) is 11.1. The smallest absolute Gasteiger partial charge is 0.0576 e. The standard InChI is InChI=1S/C17H13ClN2/c18-15-8-4-9-16(11-15)20-19-12-14-7-3-6-13-5-1-2-10-17(13)14/h1-12,20H/b19-12+. The number of fused-ring (bicyclic) bond motifs is 1. The van der Waals surface area contributed by atoms with Crippen LogP contribution in [0.4, 0.5) is 5.69 Å². The van der Waals surface area contributed by atoms with Gasteiger partial charge in [-0.25, -0.2) is 0 Å². The van der Waals surface area contributed by atoms with Crippen LogP contribution in [0.2, 0.25) is 5.02 Å². The van der Waals surface area contributed by atoms with Gasteiger partial charge in [-0.2, -0.15) is 5.10 Å². The van der Waals surface area contributed by atoms with Gasteiger partial charge in [0.1, 0.15) is 0 Å². The molecule has 0 aliphatic carbocycles. The highest BCUT2D eigenvalue weighted by molar-refractivity contribution is 6.30. The molecule has 0 bridgehead atoms. The molecule has 0 atom stereocenters. The summed E-state index contributed by atoms with van der Waals surface area (Å²) in [6.07, 6.45) is 1.82. The lowest BCUT2D eigenvalue weighted by Crippen LogP contribution is -1.91. The quantitative estimate of drug-likeness (QED) is 0.533. The van der Waals surface area contributed by atoms with E-state index in [2.05, 4.69) is 28.7 Å². The summed E-state index contributed by atoms with van der Waals surface area (Å²) in [6.45, 7) is 0. The number of benzene rings is 3. The van der Waals surface area contributed by atoms with Crippen molar-refractivity contribution in [2.75, 3.05) is 5.43 Å². The largest absolute Gasteiger partial charge is 0.278 e. The van der Waals surface area contributed by atoms with Crippen molar-refractivity contribution in [2.24, 2.45) is 5.10 Å². The van der Waals surface area contributed by atoms with Gasteiger partial charge in [0.05, 0.1) is 11.9 Å². The Hall–Kier alpha value is -2.32. The molecule has 98 valence electrons. The third kappa shape index (κ3) is 2.81. The highest BCUT2D eigenvalue weighted by Gasteiger charge is 1.97. The number of nitrogens with one attached hydrogen (secondary N) is 1. The fourth-order valence-corrected chi connectivity index (χ4v) is 2.29. The van der Waals surface area contributed by atoms with E-state index in [1.54, 1.807) is 0 Å². The third-order valence-electron chi connectivity index (χ3n) is 3.05. The second-order valence-corrected chi connectivity index (χ2v) is 4.89. The SMILES string of the molecule is Clc1cccc(N/N=C/c2cccc3ccccc23)c1. The van der Waals surface area contributed by atoms with Crippen LogP contribution >= 0.6 is 11.6 Å². The van der Waals surface area contributed by atoms with E-state index in [0.29, 0.717) is 5.02 Å². The Morgan fingerprint density at radius 1 is 0.900 bits per heavy atom. The lowest BCUT2D eigenvalue weighted by atomic mass is 10.1. The Morgan fingerprint density at radius 3 is 2.60 bits per heavy atom. The maximum Gasteiger partial charge on any atom is 0.0576 e. The van der Waals surface area contributed by atoms with Gasteiger partial charge in [0.25, 0.3) is 0 Å². The number of rotatable bonds is 3. The summed E-state index contributed by atoms with van der Waals surface area (Å²) in [5, 5.41) is 7.35. The topological polar surface area (TPSA) is 24.4 Å². The zero-order valence-electron chi connectivity index (χ0n) is 10.8. The number of hydrogen-bond donors (Lipinski definition) is 1. The lowest BCUT2D eigenvalue weighted by molar-refractivity contribution is 1.35. The second-order valence-electron chi connectivity index (χ2n) is 4.45. The van der Waals surface area contributed by atoms with Gasteiger partial charge in [0, 0.05) is 10.6 Å². The predicted molar refractivity (Wildman–Crippen MR) is 86.6 cm³/mol. The highest BCUT2D eigenvalue weighted by atomic mass is 35.5. The Bertz CT molecular complexity index is 760. The fourth-order valence-electron chi connectivity index (χ4n) is 2.10. The zero-order chi connectivity index (χ0) is 13.8. The maximum atomic E-state index is 5.93. The van der Waals surface area contributed by atoms with Gasteiger partial charge in [0.2, 0.25) is 0 Å². The van der Waals surface area contributed by atoms with E-state index >= 15 is 0 Å². The maximum absolute atomic E-state index is 5.93. The van der Waals surface area contributed by atoms with Crippen LogP contribution in [0.25, 0.3) is 10.8 Å². The van der Waals surface area contributed by atoms with Crippen molar-refractivity contribution in [1.82, 2.24) is 0 Å². The van der Waals surface area contributed by atoms with E-state index in [9.17, 15) is 0 Å².